The van der Waals surface area contributed by atoms with E-state index in [1.807, 2.05) is 0 Å². The van der Waals surface area contributed by atoms with Crippen molar-refractivity contribution in [1.82, 2.24) is 9.97 Å². The molecule has 0 fully saturated rings. The molecule has 2 aromatic heterocycles. The van der Waals surface area contributed by atoms with Gasteiger partial charge in [-0.05, 0) is 26.8 Å². The van der Waals surface area contributed by atoms with Gasteiger partial charge in [0, 0.05) is 22.8 Å². The Morgan fingerprint density at radius 3 is 2.76 bits per heavy atom. The van der Waals surface area contributed by atoms with Gasteiger partial charge in [0.2, 0.25) is 0 Å². The number of rotatable bonds is 3. The first kappa shape index (κ1) is 12.8. The third kappa shape index (κ3) is 2.31. The van der Waals surface area contributed by atoms with Crippen molar-refractivity contribution in [3.05, 3.63) is 17.3 Å². The van der Waals surface area contributed by atoms with Crippen LogP contribution in [0, 0.1) is 6.92 Å². The third-order valence-corrected chi connectivity index (χ3v) is 5.32. The molecular formula is C12H16BrN3S. The van der Waals surface area contributed by atoms with E-state index >= 15 is 0 Å². The van der Waals surface area contributed by atoms with E-state index in [-0.39, 0.29) is 5.54 Å². The maximum atomic E-state index is 4.44. The Bertz CT molecular complexity index is 536. The molecule has 0 saturated heterocycles. The van der Waals surface area contributed by atoms with Gasteiger partial charge in [0.1, 0.15) is 17.0 Å². The number of fused-ring (bicyclic) bond motifs is 1. The number of hydrogen-bond donors (Lipinski definition) is 0. The Morgan fingerprint density at radius 1 is 1.41 bits per heavy atom. The fourth-order valence-corrected chi connectivity index (χ4v) is 2.83. The van der Waals surface area contributed by atoms with Crippen LogP contribution in [0.1, 0.15) is 18.7 Å². The molecule has 0 amide bonds. The molecule has 0 aromatic carbocycles. The van der Waals surface area contributed by atoms with Crippen LogP contribution in [0.15, 0.2) is 12.4 Å². The Kier molecular flexibility index (Phi) is 3.41. The maximum absolute atomic E-state index is 4.44. The lowest BCUT2D eigenvalue weighted by atomic mass is 10.1. The van der Waals surface area contributed by atoms with Crippen LogP contribution in [0.2, 0.25) is 0 Å². The molecule has 0 radical (unpaired) electrons. The topological polar surface area (TPSA) is 29.0 Å². The zero-order valence-corrected chi connectivity index (χ0v) is 12.9. The van der Waals surface area contributed by atoms with Gasteiger partial charge < -0.3 is 4.90 Å². The predicted octanol–water partition coefficient (Wildman–Crippen LogP) is 3.61. The summed E-state index contributed by atoms with van der Waals surface area (Å²) in [5.41, 5.74) is 0.0249. The van der Waals surface area contributed by atoms with Crippen molar-refractivity contribution in [2.24, 2.45) is 0 Å². The van der Waals surface area contributed by atoms with Crippen LogP contribution in [0.4, 0.5) is 5.82 Å². The Morgan fingerprint density at radius 2 is 2.12 bits per heavy atom. The van der Waals surface area contributed by atoms with E-state index in [0.29, 0.717) is 0 Å². The highest BCUT2D eigenvalue weighted by molar-refractivity contribution is 9.09. The first-order valence-corrected chi connectivity index (χ1v) is 7.40. The number of alkyl halides is 1. The highest BCUT2D eigenvalue weighted by Gasteiger charge is 2.25. The van der Waals surface area contributed by atoms with Crippen LogP contribution in [-0.2, 0) is 0 Å². The lowest BCUT2D eigenvalue weighted by Gasteiger charge is -2.35. The SMILES string of the molecule is Cc1cc2c(N(C)C(C)(C)CBr)ncnc2s1. The van der Waals surface area contributed by atoms with Crippen LogP contribution in [0.3, 0.4) is 0 Å². The van der Waals surface area contributed by atoms with Crippen LogP contribution in [-0.4, -0.2) is 27.9 Å². The molecule has 0 bridgehead atoms. The van der Waals surface area contributed by atoms with Crippen molar-refractivity contribution in [3.63, 3.8) is 0 Å². The minimum Gasteiger partial charge on any atom is -0.353 e. The molecule has 0 spiro atoms. The lowest BCUT2D eigenvalue weighted by Crippen LogP contribution is -2.43. The van der Waals surface area contributed by atoms with Crippen molar-refractivity contribution in [2.75, 3.05) is 17.3 Å². The van der Waals surface area contributed by atoms with Crippen LogP contribution < -0.4 is 4.90 Å². The van der Waals surface area contributed by atoms with Gasteiger partial charge in [-0.2, -0.15) is 0 Å². The molecule has 0 unspecified atom stereocenters. The molecule has 0 atom stereocenters. The second-order valence-corrected chi connectivity index (χ2v) is 6.57. The summed E-state index contributed by atoms with van der Waals surface area (Å²) in [5, 5.41) is 2.04. The van der Waals surface area contributed by atoms with E-state index in [1.165, 1.54) is 4.88 Å². The normalized spacial score (nSPS) is 12.1. The monoisotopic (exact) mass is 313 g/mol. The summed E-state index contributed by atoms with van der Waals surface area (Å²) in [4.78, 5) is 13.3. The predicted molar refractivity (Wildman–Crippen MR) is 78.4 cm³/mol. The molecule has 0 N–H and O–H groups in total. The number of nitrogens with zero attached hydrogens (tertiary/aromatic N) is 3. The first-order chi connectivity index (χ1) is 7.95. The van der Waals surface area contributed by atoms with Crippen molar-refractivity contribution in [2.45, 2.75) is 26.3 Å². The second kappa shape index (κ2) is 4.53. The van der Waals surface area contributed by atoms with Gasteiger partial charge in [0.15, 0.2) is 0 Å². The number of halogens is 1. The van der Waals surface area contributed by atoms with Crippen molar-refractivity contribution < 1.29 is 0 Å². The van der Waals surface area contributed by atoms with Crippen LogP contribution in [0.25, 0.3) is 10.2 Å². The summed E-state index contributed by atoms with van der Waals surface area (Å²) in [6.07, 6.45) is 1.65. The molecule has 2 heterocycles. The number of thiophene rings is 1. The van der Waals surface area contributed by atoms with Gasteiger partial charge in [-0.15, -0.1) is 11.3 Å². The highest BCUT2D eigenvalue weighted by Crippen LogP contribution is 2.32. The molecule has 0 aliphatic carbocycles. The molecule has 0 saturated carbocycles. The lowest BCUT2D eigenvalue weighted by molar-refractivity contribution is 0.548. The molecule has 2 rings (SSSR count). The smallest absolute Gasteiger partial charge is 0.140 e. The van der Waals surface area contributed by atoms with Crippen molar-refractivity contribution >= 4 is 43.3 Å². The molecular weight excluding hydrogens is 298 g/mol. The summed E-state index contributed by atoms with van der Waals surface area (Å²) in [5.74, 6) is 1.00. The van der Waals surface area contributed by atoms with Gasteiger partial charge >= 0.3 is 0 Å². The van der Waals surface area contributed by atoms with Gasteiger partial charge in [-0.25, -0.2) is 9.97 Å². The van der Waals surface area contributed by atoms with Crippen LogP contribution >= 0.6 is 27.3 Å². The number of aryl methyl sites for hydroxylation is 1. The van der Waals surface area contributed by atoms with E-state index in [9.17, 15) is 0 Å². The number of anilines is 1. The summed E-state index contributed by atoms with van der Waals surface area (Å²) < 4.78 is 0. The number of hydrogen-bond acceptors (Lipinski definition) is 4. The summed E-state index contributed by atoms with van der Waals surface area (Å²) in [6, 6.07) is 2.16. The van der Waals surface area contributed by atoms with Crippen molar-refractivity contribution in [3.8, 4) is 0 Å². The molecule has 5 heteroatoms. The largest absolute Gasteiger partial charge is 0.353 e. The number of aromatic nitrogens is 2. The summed E-state index contributed by atoms with van der Waals surface area (Å²) >= 11 is 5.27. The fraction of sp³-hybridized carbons (Fsp3) is 0.500. The van der Waals surface area contributed by atoms with E-state index < -0.39 is 0 Å². The average molecular weight is 314 g/mol. The molecule has 3 nitrogen and oxygen atoms in total. The van der Waals surface area contributed by atoms with Gasteiger partial charge in [0.25, 0.3) is 0 Å². The minimum absolute atomic E-state index is 0.0249. The quantitative estimate of drug-likeness (QED) is 0.811. The fourth-order valence-electron chi connectivity index (χ4n) is 1.61. The van der Waals surface area contributed by atoms with E-state index in [0.717, 1.165) is 21.4 Å². The summed E-state index contributed by atoms with van der Waals surface area (Å²) in [6.45, 7) is 6.48. The zero-order valence-electron chi connectivity index (χ0n) is 10.5. The zero-order chi connectivity index (χ0) is 12.6. The van der Waals surface area contributed by atoms with Gasteiger partial charge in [0.05, 0.1) is 5.39 Å². The molecule has 0 aliphatic rings. The van der Waals surface area contributed by atoms with E-state index in [4.69, 9.17) is 0 Å². The first-order valence-electron chi connectivity index (χ1n) is 5.46. The minimum atomic E-state index is 0.0249. The van der Waals surface area contributed by atoms with Gasteiger partial charge in [-0.1, -0.05) is 15.9 Å². The van der Waals surface area contributed by atoms with Gasteiger partial charge in [-0.3, -0.25) is 0 Å². The Hall–Kier alpha value is -0.680. The van der Waals surface area contributed by atoms with E-state index in [2.05, 4.69) is 64.7 Å². The van der Waals surface area contributed by atoms with E-state index in [1.54, 1.807) is 17.7 Å². The molecule has 2 aromatic rings. The second-order valence-electron chi connectivity index (χ2n) is 4.78. The molecule has 92 valence electrons. The molecule has 0 aliphatic heterocycles. The standard InChI is InChI=1S/C12H16BrN3S/c1-8-5-9-10(14-7-15-11(9)17-8)16(4)12(2,3)6-13/h5,7H,6H2,1-4H3. The summed E-state index contributed by atoms with van der Waals surface area (Å²) in [7, 11) is 2.08. The maximum Gasteiger partial charge on any atom is 0.140 e. The Labute approximate surface area is 114 Å². The highest BCUT2D eigenvalue weighted by atomic mass is 79.9. The average Bonchev–Trinajstić information content (AvgIpc) is 2.67. The van der Waals surface area contributed by atoms with Crippen LogP contribution in [0.5, 0.6) is 0 Å². The van der Waals surface area contributed by atoms with Crippen molar-refractivity contribution in [1.29, 1.82) is 0 Å². The Balaban J connectivity index is 2.55. The molecule has 17 heavy (non-hydrogen) atoms. The third-order valence-electron chi connectivity index (χ3n) is 2.98.